The lowest BCUT2D eigenvalue weighted by molar-refractivity contribution is 0.0552. The molecule has 2 heterocycles. The summed E-state index contributed by atoms with van der Waals surface area (Å²) >= 11 is 1.94. The Morgan fingerprint density at radius 1 is 1.75 bits per heavy atom. The molecule has 0 bridgehead atoms. The maximum Gasteiger partial charge on any atom is 0.0816 e. The second kappa shape index (κ2) is 5.70. The SMILES string of the molecule is Cn1cc(CCC(N)C2CSCCO2)cn1. The smallest absolute Gasteiger partial charge is 0.0816 e. The molecule has 16 heavy (non-hydrogen) atoms. The second-order valence-corrected chi connectivity index (χ2v) is 5.36. The third-order valence-electron chi connectivity index (χ3n) is 2.84. The molecule has 0 amide bonds. The molecule has 1 fully saturated rings. The van der Waals surface area contributed by atoms with Crippen molar-refractivity contribution in [2.45, 2.75) is 25.0 Å². The lowest BCUT2D eigenvalue weighted by atomic mass is 10.0. The molecule has 0 aromatic carbocycles. The van der Waals surface area contributed by atoms with Crippen LogP contribution in [0.2, 0.25) is 0 Å². The lowest BCUT2D eigenvalue weighted by Crippen LogP contribution is -2.41. The Hall–Kier alpha value is -0.520. The van der Waals surface area contributed by atoms with Gasteiger partial charge in [0.1, 0.15) is 0 Å². The number of rotatable bonds is 4. The molecule has 0 saturated carbocycles. The number of hydrogen-bond donors (Lipinski definition) is 1. The molecule has 0 radical (unpaired) electrons. The van der Waals surface area contributed by atoms with E-state index in [1.165, 1.54) is 5.56 Å². The Morgan fingerprint density at radius 2 is 2.62 bits per heavy atom. The maximum atomic E-state index is 6.14. The van der Waals surface area contributed by atoms with Crippen molar-refractivity contribution in [1.82, 2.24) is 9.78 Å². The molecule has 5 heteroatoms. The molecular formula is C11H19N3OS. The summed E-state index contributed by atoms with van der Waals surface area (Å²) in [4.78, 5) is 0. The van der Waals surface area contributed by atoms with Crippen LogP contribution in [0.25, 0.3) is 0 Å². The molecule has 0 aliphatic carbocycles. The highest BCUT2D eigenvalue weighted by atomic mass is 32.2. The molecule has 2 unspecified atom stereocenters. The fourth-order valence-electron chi connectivity index (χ4n) is 1.87. The first-order valence-electron chi connectivity index (χ1n) is 5.68. The summed E-state index contributed by atoms with van der Waals surface area (Å²) < 4.78 is 7.49. The largest absolute Gasteiger partial charge is 0.375 e. The van der Waals surface area contributed by atoms with E-state index in [9.17, 15) is 0 Å². The van der Waals surface area contributed by atoms with Gasteiger partial charge in [-0.15, -0.1) is 0 Å². The van der Waals surface area contributed by atoms with E-state index in [1.54, 1.807) is 0 Å². The zero-order valence-corrected chi connectivity index (χ0v) is 10.4. The summed E-state index contributed by atoms with van der Waals surface area (Å²) in [7, 11) is 1.93. The molecule has 1 aromatic heterocycles. The van der Waals surface area contributed by atoms with Crippen LogP contribution in [-0.4, -0.2) is 40.0 Å². The van der Waals surface area contributed by atoms with Crippen molar-refractivity contribution >= 4 is 11.8 Å². The average molecular weight is 241 g/mol. The van der Waals surface area contributed by atoms with Crippen LogP contribution in [0.5, 0.6) is 0 Å². The standard InChI is InChI=1S/C11H19N3OS/c1-14-7-9(6-13-14)2-3-10(12)11-8-16-5-4-15-11/h6-7,10-11H,2-5,8,12H2,1H3. The van der Waals surface area contributed by atoms with E-state index in [-0.39, 0.29) is 12.1 Å². The summed E-state index contributed by atoms with van der Waals surface area (Å²) in [6.45, 7) is 0.843. The minimum Gasteiger partial charge on any atom is -0.375 e. The lowest BCUT2D eigenvalue weighted by Gasteiger charge is -2.27. The molecule has 2 atom stereocenters. The van der Waals surface area contributed by atoms with E-state index in [4.69, 9.17) is 10.5 Å². The van der Waals surface area contributed by atoms with Crippen LogP contribution in [0.4, 0.5) is 0 Å². The molecular weight excluding hydrogens is 222 g/mol. The summed E-state index contributed by atoms with van der Waals surface area (Å²) in [6, 6.07) is 0.146. The van der Waals surface area contributed by atoms with Crippen LogP contribution in [0.1, 0.15) is 12.0 Å². The van der Waals surface area contributed by atoms with E-state index in [0.29, 0.717) is 0 Å². The highest BCUT2D eigenvalue weighted by Gasteiger charge is 2.21. The molecule has 1 aliphatic rings. The molecule has 1 aliphatic heterocycles. The van der Waals surface area contributed by atoms with E-state index < -0.39 is 0 Å². The number of aromatic nitrogens is 2. The highest BCUT2D eigenvalue weighted by Crippen LogP contribution is 2.17. The summed E-state index contributed by atoms with van der Waals surface area (Å²) in [5.41, 5.74) is 7.39. The van der Waals surface area contributed by atoms with Gasteiger partial charge in [0, 0.05) is 30.8 Å². The van der Waals surface area contributed by atoms with Crippen LogP contribution < -0.4 is 5.73 Å². The van der Waals surface area contributed by atoms with Gasteiger partial charge in [0.05, 0.1) is 18.9 Å². The number of thioether (sulfide) groups is 1. The third kappa shape index (κ3) is 3.23. The Balaban J connectivity index is 1.76. The monoisotopic (exact) mass is 241 g/mol. The van der Waals surface area contributed by atoms with Crippen LogP contribution in [-0.2, 0) is 18.2 Å². The number of aryl methyl sites for hydroxylation is 2. The molecule has 2 N–H and O–H groups in total. The van der Waals surface area contributed by atoms with E-state index in [0.717, 1.165) is 31.0 Å². The van der Waals surface area contributed by atoms with E-state index in [2.05, 4.69) is 5.10 Å². The van der Waals surface area contributed by atoms with Crippen molar-refractivity contribution in [2.24, 2.45) is 12.8 Å². The van der Waals surface area contributed by atoms with Crippen molar-refractivity contribution in [3.05, 3.63) is 18.0 Å². The predicted molar refractivity (Wildman–Crippen MR) is 66.6 cm³/mol. The van der Waals surface area contributed by atoms with E-state index in [1.807, 2.05) is 35.9 Å². The first kappa shape index (κ1) is 12.0. The Morgan fingerprint density at radius 3 is 3.25 bits per heavy atom. The van der Waals surface area contributed by atoms with Gasteiger partial charge in [-0.2, -0.15) is 16.9 Å². The van der Waals surface area contributed by atoms with Crippen LogP contribution in [0.3, 0.4) is 0 Å². The van der Waals surface area contributed by atoms with Crippen molar-refractivity contribution in [3.63, 3.8) is 0 Å². The fraction of sp³-hybridized carbons (Fsp3) is 0.727. The normalized spacial score (nSPS) is 23.2. The van der Waals surface area contributed by atoms with Gasteiger partial charge in [-0.1, -0.05) is 0 Å². The molecule has 0 spiro atoms. The van der Waals surface area contributed by atoms with Crippen LogP contribution in [0, 0.1) is 0 Å². The first-order valence-corrected chi connectivity index (χ1v) is 6.83. The zero-order valence-electron chi connectivity index (χ0n) is 9.63. The predicted octanol–water partition coefficient (Wildman–Crippen LogP) is 0.812. The molecule has 1 saturated heterocycles. The van der Waals surface area contributed by atoms with Crippen LogP contribution >= 0.6 is 11.8 Å². The summed E-state index contributed by atoms with van der Waals surface area (Å²) in [6.07, 6.45) is 6.14. The van der Waals surface area contributed by atoms with Crippen molar-refractivity contribution in [1.29, 1.82) is 0 Å². The number of nitrogens with zero attached hydrogens (tertiary/aromatic N) is 2. The van der Waals surface area contributed by atoms with Gasteiger partial charge in [0.25, 0.3) is 0 Å². The van der Waals surface area contributed by atoms with Gasteiger partial charge in [-0.05, 0) is 18.4 Å². The molecule has 4 nitrogen and oxygen atoms in total. The average Bonchev–Trinajstić information content (AvgIpc) is 2.73. The van der Waals surface area contributed by atoms with Crippen LogP contribution in [0.15, 0.2) is 12.4 Å². The third-order valence-corrected chi connectivity index (χ3v) is 3.86. The Labute approximate surface area is 101 Å². The van der Waals surface area contributed by atoms with Gasteiger partial charge in [-0.3, -0.25) is 4.68 Å². The topological polar surface area (TPSA) is 53.1 Å². The number of ether oxygens (including phenoxy) is 1. The minimum absolute atomic E-state index is 0.146. The second-order valence-electron chi connectivity index (χ2n) is 4.21. The number of hydrogen-bond acceptors (Lipinski definition) is 4. The quantitative estimate of drug-likeness (QED) is 0.847. The highest BCUT2D eigenvalue weighted by molar-refractivity contribution is 7.99. The van der Waals surface area contributed by atoms with Crippen molar-refractivity contribution in [2.75, 3.05) is 18.1 Å². The molecule has 90 valence electrons. The van der Waals surface area contributed by atoms with Gasteiger partial charge in [0.15, 0.2) is 0 Å². The van der Waals surface area contributed by atoms with Gasteiger partial charge < -0.3 is 10.5 Å². The van der Waals surface area contributed by atoms with Crippen molar-refractivity contribution < 1.29 is 4.74 Å². The Bertz CT molecular complexity index is 323. The summed E-state index contributed by atoms with van der Waals surface area (Å²) in [5, 5.41) is 4.15. The zero-order chi connectivity index (χ0) is 11.4. The maximum absolute atomic E-state index is 6.14. The van der Waals surface area contributed by atoms with E-state index >= 15 is 0 Å². The number of nitrogens with two attached hydrogens (primary N) is 1. The summed E-state index contributed by atoms with van der Waals surface area (Å²) in [5.74, 6) is 2.14. The molecule has 1 aromatic rings. The van der Waals surface area contributed by atoms with Gasteiger partial charge in [0.2, 0.25) is 0 Å². The fourth-order valence-corrected chi connectivity index (χ4v) is 2.83. The van der Waals surface area contributed by atoms with Gasteiger partial charge >= 0.3 is 0 Å². The van der Waals surface area contributed by atoms with Crippen molar-refractivity contribution in [3.8, 4) is 0 Å². The minimum atomic E-state index is 0.146. The van der Waals surface area contributed by atoms with Gasteiger partial charge in [-0.25, -0.2) is 0 Å². The first-order chi connectivity index (χ1) is 7.75. The molecule has 2 rings (SSSR count). The Kier molecular flexibility index (Phi) is 4.26.